The quantitative estimate of drug-likeness (QED) is 0.402. The summed E-state index contributed by atoms with van der Waals surface area (Å²) in [5.41, 5.74) is 4.02. The number of rotatable bonds is 6. The Hall–Kier alpha value is -3.45. The third-order valence-corrected chi connectivity index (χ3v) is 5.54. The van der Waals surface area contributed by atoms with Gasteiger partial charge in [-0.15, -0.1) is 0 Å². The first-order valence-corrected chi connectivity index (χ1v) is 11.6. The number of aryl methyl sites for hydroxylation is 2. The molecule has 0 saturated heterocycles. The minimum Gasteiger partial charge on any atom is -0.444 e. The number of hydrogen-bond acceptors (Lipinski definition) is 4. The predicted molar refractivity (Wildman–Crippen MR) is 135 cm³/mol. The van der Waals surface area contributed by atoms with Crippen molar-refractivity contribution in [2.45, 2.75) is 53.3 Å². The summed E-state index contributed by atoms with van der Waals surface area (Å²) >= 11 is 6.09. The van der Waals surface area contributed by atoms with Crippen molar-refractivity contribution in [2.75, 3.05) is 0 Å². The molecule has 0 radical (unpaired) electrons. The van der Waals surface area contributed by atoms with Gasteiger partial charge in [0, 0.05) is 41.0 Å². The van der Waals surface area contributed by atoms with Crippen LogP contribution >= 0.6 is 11.6 Å². The highest BCUT2D eigenvalue weighted by molar-refractivity contribution is 6.31. The largest absolute Gasteiger partial charge is 0.444 e. The zero-order valence-electron chi connectivity index (χ0n) is 20.5. The summed E-state index contributed by atoms with van der Waals surface area (Å²) in [6.45, 7) is 9.34. The number of nitrogens with zero attached hydrogens (tertiary/aromatic N) is 1. The van der Waals surface area contributed by atoms with Crippen LogP contribution in [0.3, 0.4) is 0 Å². The van der Waals surface area contributed by atoms with E-state index >= 15 is 0 Å². The molecular formula is C27H29ClFN3O3. The van der Waals surface area contributed by atoms with Crippen molar-refractivity contribution in [3.05, 3.63) is 87.4 Å². The normalized spacial score (nSPS) is 11.2. The van der Waals surface area contributed by atoms with Gasteiger partial charge in [0.05, 0.1) is 0 Å². The molecule has 0 aliphatic heterocycles. The third kappa shape index (κ3) is 7.52. The number of benzene rings is 2. The number of amides is 2. The maximum atomic E-state index is 13.7. The molecule has 3 aromatic rings. The van der Waals surface area contributed by atoms with Crippen LogP contribution in [0.4, 0.5) is 9.18 Å². The average molecular weight is 498 g/mol. The van der Waals surface area contributed by atoms with Gasteiger partial charge in [-0.2, -0.15) is 4.39 Å². The van der Waals surface area contributed by atoms with Crippen molar-refractivity contribution in [1.29, 1.82) is 0 Å². The van der Waals surface area contributed by atoms with Gasteiger partial charge in [0.2, 0.25) is 5.95 Å². The standard InChI is InChI=1S/C27H29ClFN3O3/c1-16-8-18(6-7-23(16)28)13-31-25(33)21-11-19(14-32-26(34)35-27(3,4)5)10-20(12-21)22-9-17(2)24(29)30-15-22/h6-12,15H,13-14H2,1-5H3,(H,31,33)(H,32,34). The minimum atomic E-state index is -0.631. The van der Waals surface area contributed by atoms with Crippen LogP contribution in [-0.2, 0) is 17.8 Å². The summed E-state index contributed by atoms with van der Waals surface area (Å²) in [7, 11) is 0. The molecule has 1 heterocycles. The summed E-state index contributed by atoms with van der Waals surface area (Å²) in [5, 5.41) is 6.29. The lowest BCUT2D eigenvalue weighted by Gasteiger charge is -2.20. The maximum absolute atomic E-state index is 13.7. The number of carbonyl (C=O) groups excluding carboxylic acids is 2. The second-order valence-corrected chi connectivity index (χ2v) is 9.78. The van der Waals surface area contributed by atoms with Crippen LogP contribution in [0.5, 0.6) is 0 Å². The topological polar surface area (TPSA) is 80.3 Å². The van der Waals surface area contributed by atoms with Gasteiger partial charge in [-0.1, -0.05) is 23.7 Å². The van der Waals surface area contributed by atoms with Crippen LogP contribution in [0.1, 0.15) is 53.4 Å². The van der Waals surface area contributed by atoms with E-state index in [-0.39, 0.29) is 12.5 Å². The number of halogens is 2. The fourth-order valence-electron chi connectivity index (χ4n) is 3.40. The van der Waals surface area contributed by atoms with E-state index in [1.807, 2.05) is 25.1 Å². The number of carbonyl (C=O) groups is 2. The summed E-state index contributed by atoms with van der Waals surface area (Å²) in [6, 6.07) is 12.5. The number of aromatic nitrogens is 1. The Morgan fingerprint density at radius 3 is 2.31 bits per heavy atom. The van der Waals surface area contributed by atoms with Gasteiger partial charge < -0.3 is 15.4 Å². The fourth-order valence-corrected chi connectivity index (χ4v) is 3.51. The fraction of sp³-hybridized carbons (Fsp3) is 0.296. The van der Waals surface area contributed by atoms with Gasteiger partial charge in [-0.3, -0.25) is 4.79 Å². The Balaban J connectivity index is 1.85. The summed E-state index contributed by atoms with van der Waals surface area (Å²) in [4.78, 5) is 28.9. The summed E-state index contributed by atoms with van der Waals surface area (Å²) < 4.78 is 19.0. The first-order valence-electron chi connectivity index (χ1n) is 11.2. The van der Waals surface area contributed by atoms with E-state index in [1.165, 1.54) is 6.20 Å². The number of nitrogens with one attached hydrogen (secondary N) is 2. The van der Waals surface area contributed by atoms with Gasteiger partial charge in [0.1, 0.15) is 5.60 Å². The van der Waals surface area contributed by atoms with Gasteiger partial charge in [-0.05, 0) is 87.2 Å². The molecule has 0 bridgehead atoms. The van der Waals surface area contributed by atoms with E-state index in [0.717, 1.165) is 11.1 Å². The first kappa shape index (κ1) is 26.2. The molecule has 0 atom stereocenters. The van der Waals surface area contributed by atoms with E-state index in [9.17, 15) is 14.0 Å². The molecule has 1 aromatic heterocycles. The molecular weight excluding hydrogens is 469 g/mol. The van der Waals surface area contributed by atoms with Gasteiger partial charge in [0.15, 0.2) is 0 Å². The van der Waals surface area contributed by atoms with Gasteiger partial charge in [-0.25, -0.2) is 9.78 Å². The molecule has 2 amide bonds. The lowest BCUT2D eigenvalue weighted by molar-refractivity contribution is 0.0523. The van der Waals surface area contributed by atoms with Crippen molar-refractivity contribution in [3.63, 3.8) is 0 Å². The highest BCUT2D eigenvalue weighted by Gasteiger charge is 2.17. The predicted octanol–water partition coefficient (Wildman–Crippen LogP) is 6.11. The van der Waals surface area contributed by atoms with Crippen LogP contribution < -0.4 is 10.6 Å². The molecule has 2 N–H and O–H groups in total. The Kier molecular flexibility index (Phi) is 8.12. The molecule has 0 spiro atoms. The zero-order valence-corrected chi connectivity index (χ0v) is 21.2. The second kappa shape index (κ2) is 10.9. The smallest absolute Gasteiger partial charge is 0.407 e. The SMILES string of the molecule is Cc1cc(CNC(=O)c2cc(CNC(=O)OC(C)(C)C)cc(-c3cnc(F)c(C)c3)c2)ccc1Cl. The van der Waals surface area contributed by atoms with Gasteiger partial charge in [0.25, 0.3) is 5.91 Å². The highest BCUT2D eigenvalue weighted by Crippen LogP contribution is 2.24. The lowest BCUT2D eigenvalue weighted by atomic mass is 9.99. The second-order valence-electron chi connectivity index (χ2n) is 9.37. The molecule has 0 saturated carbocycles. The lowest BCUT2D eigenvalue weighted by Crippen LogP contribution is -2.32. The van der Waals surface area contributed by atoms with Gasteiger partial charge >= 0.3 is 6.09 Å². The van der Waals surface area contributed by atoms with Crippen LogP contribution in [0.25, 0.3) is 11.1 Å². The van der Waals surface area contributed by atoms with E-state index in [0.29, 0.717) is 39.4 Å². The number of pyridine rings is 1. The van der Waals surface area contributed by atoms with E-state index < -0.39 is 17.6 Å². The Labute approximate surface area is 209 Å². The number of ether oxygens (including phenoxy) is 1. The first-order chi connectivity index (χ1) is 16.4. The van der Waals surface area contributed by atoms with Crippen molar-refractivity contribution in [2.24, 2.45) is 0 Å². The Bertz CT molecular complexity index is 1250. The highest BCUT2D eigenvalue weighted by atomic mass is 35.5. The van der Waals surface area contributed by atoms with Crippen molar-refractivity contribution in [1.82, 2.24) is 15.6 Å². The summed E-state index contributed by atoms with van der Waals surface area (Å²) in [6.07, 6.45) is 0.854. The molecule has 0 fully saturated rings. The van der Waals surface area contributed by atoms with E-state index in [2.05, 4.69) is 15.6 Å². The van der Waals surface area contributed by atoms with Crippen LogP contribution in [0.15, 0.2) is 48.7 Å². The molecule has 8 heteroatoms. The van der Waals surface area contributed by atoms with Crippen molar-refractivity contribution < 1.29 is 18.7 Å². The molecule has 6 nitrogen and oxygen atoms in total. The minimum absolute atomic E-state index is 0.146. The molecule has 184 valence electrons. The summed E-state index contributed by atoms with van der Waals surface area (Å²) in [5.74, 6) is -0.836. The molecule has 0 unspecified atom stereocenters. The van der Waals surface area contributed by atoms with E-state index in [1.54, 1.807) is 52.0 Å². The molecule has 0 aliphatic carbocycles. The number of alkyl carbamates (subject to hydrolysis) is 1. The third-order valence-electron chi connectivity index (χ3n) is 5.11. The average Bonchev–Trinajstić information content (AvgIpc) is 2.78. The maximum Gasteiger partial charge on any atom is 0.407 e. The molecule has 2 aromatic carbocycles. The van der Waals surface area contributed by atoms with Crippen LogP contribution in [0.2, 0.25) is 5.02 Å². The van der Waals surface area contributed by atoms with Crippen LogP contribution in [-0.4, -0.2) is 22.6 Å². The number of hydrogen-bond donors (Lipinski definition) is 2. The molecule has 35 heavy (non-hydrogen) atoms. The van der Waals surface area contributed by atoms with Crippen LogP contribution in [0, 0.1) is 19.8 Å². The van der Waals surface area contributed by atoms with Crippen molar-refractivity contribution >= 4 is 23.6 Å². The Morgan fingerprint density at radius 2 is 1.66 bits per heavy atom. The Morgan fingerprint density at radius 1 is 0.943 bits per heavy atom. The molecule has 3 rings (SSSR count). The van der Waals surface area contributed by atoms with Crippen molar-refractivity contribution in [3.8, 4) is 11.1 Å². The molecule has 0 aliphatic rings. The van der Waals surface area contributed by atoms with E-state index in [4.69, 9.17) is 16.3 Å². The zero-order chi connectivity index (χ0) is 25.8. The monoisotopic (exact) mass is 497 g/mol.